The van der Waals surface area contributed by atoms with Crippen LogP contribution in [0, 0.1) is 0 Å². The maximum atomic E-state index is 12.7. The van der Waals surface area contributed by atoms with Crippen molar-refractivity contribution in [1.29, 1.82) is 0 Å². The van der Waals surface area contributed by atoms with Crippen LogP contribution in [0.2, 0.25) is 0 Å². The number of carbonyl (C=O) groups is 1. The van der Waals surface area contributed by atoms with Crippen molar-refractivity contribution in [1.82, 2.24) is 4.98 Å². The number of benzene rings is 1. The van der Waals surface area contributed by atoms with Crippen LogP contribution in [0.1, 0.15) is 18.9 Å². The Bertz CT molecular complexity index is 763. The first-order chi connectivity index (χ1) is 12.1. The molecule has 1 aromatic carbocycles. The minimum Gasteiger partial charge on any atom is -0.493 e. The maximum absolute atomic E-state index is 12.7. The molecule has 2 heterocycles. The smallest absolute Gasteiger partial charge is 0.238 e. The highest BCUT2D eigenvalue weighted by molar-refractivity contribution is 5.95. The number of aryl methyl sites for hydroxylation is 1. The van der Waals surface area contributed by atoms with Crippen LogP contribution >= 0.6 is 0 Å². The van der Waals surface area contributed by atoms with E-state index in [-0.39, 0.29) is 12.0 Å². The second-order valence-corrected chi connectivity index (χ2v) is 5.95. The molecule has 0 fully saturated rings. The van der Waals surface area contributed by atoms with Crippen LogP contribution in [0.3, 0.4) is 0 Å². The first kappa shape index (κ1) is 17.1. The lowest BCUT2D eigenvalue weighted by Crippen LogP contribution is -2.42. The van der Waals surface area contributed by atoms with E-state index in [9.17, 15) is 4.79 Å². The molecule has 132 valence electrons. The Labute approximate surface area is 147 Å². The van der Waals surface area contributed by atoms with Crippen molar-refractivity contribution in [2.75, 3.05) is 25.7 Å². The summed E-state index contributed by atoms with van der Waals surface area (Å²) < 4.78 is 16.3. The van der Waals surface area contributed by atoms with Crippen LogP contribution in [-0.4, -0.2) is 37.8 Å². The molecule has 1 aliphatic heterocycles. The third-order valence-electron chi connectivity index (χ3n) is 4.17. The lowest BCUT2D eigenvalue weighted by atomic mass is 10.1. The Hall–Kier alpha value is -2.76. The van der Waals surface area contributed by atoms with Gasteiger partial charge in [0, 0.05) is 12.6 Å². The summed E-state index contributed by atoms with van der Waals surface area (Å²) in [5, 5.41) is 0. The number of hydrogen-bond donors (Lipinski definition) is 0. The molecule has 6 nitrogen and oxygen atoms in total. The summed E-state index contributed by atoms with van der Waals surface area (Å²) >= 11 is 0. The van der Waals surface area contributed by atoms with Gasteiger partial charge in [-0.3, -0.25) is 4.79 Å². The number of fused-ring (bicyclic) bond motifs is 1. The van der Waals surface area contributed by atoms with E-state index in [2.05, 4.69) is 4.98 Å². The van der Waals surface area contributed by atoms with Gasteiger partial charge in [-0.25, -0.2) is 4.98 Å². The largest absolute Gasteiger partial charge is 0.493 e. The van der Waals surface area contributed by atoms with Crippen molar-refractivity contribution in [3.8, 4) is 17.4 Å². The number of amides is 1. The summed E-state index contributed by atoms with van der Waals surface area (Å²) in [7, 11) is 3.21. The van der Waals surface area contributed by atoms with E-state index in [1.165, 1.54) is 0 Å². The molecule has 0 saturated heterocycles. The second-order valence-electron chi connectivity index (χ2n) is 5.95. The summed E-state index contributed by atoms with van der Waals surface area (Å²) in [4.78, 5) is 18.7. The van der Waals surface area contributed by atoms with E-state index in [0.717, 1.165) is 11.3 Å². The number of hydrogen-bond acceptors (Lipinski definition) is 5. The number of aromatic nitrogens is 1. The molecule has 0 N–H and O–H groups in total. The molecule has 0 saturated carbocycles. The van der Waals surface area contributed by atoms with Crippen molar-refractivity contribution in [2.24, 2.45) is 0 Å². The topological polar surface area (TPSA) is 60.9 Å². The van der Waals surface area contributed by atoms with E-state index in [1.807, 2.05) is 37.3 Å². The molecule has 0 spiro atoms. The monoisotopic (exact) mass is 342 g/mol. The predicted octanol–water partition coefficient (Wildman–Crippen LogP) is 2.85. The molecule has 3 rings (SSSR count). The molecule has 1 amide bonds. The third-order valence-corrected chi connectivity index (χ3v) is 4.17. The van der Waals surface area contributed by atoms with Gasteiger partial charge in [0.25, 0.3) is 0 Å². The van der Waals surface area contributed by atoms with Crippen LogP contribution < -0.4 is 19.1 Å². The summed E-state index contributed by atoms with van der Waals surface area (Å²) in [5.41, 5.74) is 1.76. The van der Waals surface area contributed by atoms with Crippen molar-refractivity contribution in [3.05, 3.63) is 42.1 Å². The molecule has 2 aromatic rings. The van der Waals surface area contributed by atoms with Gasteiger partial charge in [-0.05, 0) is 43.2 Å². The van der Waals surface area contributed by atoms with Gasteiger partial charge in [0.05, 0.1) is 20.8 Å². The fraction of sp³-hybridized carbons (Fsp3) is 0.368. The highest BCUT2D eigenvalue weighted by Crippen LogP contribution is 2.32. The molecule has 0 radical (unpaired) electrons. The van der Waals surface area contributed by atoms with Crippen LogP contribution in [-0.2, 0) is 11.2 Å². The zero-order valence-corrected chi connectivity index (χ0v) is 14.7. The van der Waals surface area contributed by atoms with E-state index in [0.29, 0.717) is 36.8 Å². The highest BCUT2D eigenvalue weighted by atomic mass is 16.5. The first-order valence-corrected chi connectivity index (χ1v) is 8.25. The van der Waals surface area contributed by atoms with Crippen molar-refractivity contribution in [3.63, 3.8) is 0 Å². The number of methoxy groups -OCH3 is 2. The summed E-state index contributed by atoms with van der Waals surface area (Å²) in [6.45, 7) is 2.47. The maximum Gasteiger partial charge on any atom is 0.238 e. The van der Waals surface area contributed by atoms with Crippen LogP contribution in [0.5, 0.6) is 17.4 Å². The van der Waals surface area contributed by atoms with Gasteiger partial charge in [0.1, 0.15) is 11.8 Å². The lowest BCUT2D eigenvalue weighted by Gasteiger charge is -2.32. The predicted molar refractivity (Wildman–Crippen MR) is 94.5 cm³/mol. The number of nitrogens with zero attached hydrogens (tertiary/aromatic N) is 2. The first-order valence-electron chi connectivity index (χ1n) is 8.25. The summed E-state index contributed by atoms with van der Waals surface area (Å²) in [6.07, 6.45) is 2.62. The lowest BCUT2D eigenvalue weighted by molar-refractivity contribution is -0.119. The average Bonchev–Trinajstić information content (AvgIpc) is 2.65. The zero-order chi connectivity index (χ0) is 17.8. The van der Waals surface area contributed by atoms with Gasteiger partial charge in [0.2, 0.25) is 11.8 Å². The Morgan fingerprint density at radius 1 is 1.28 bits per heavy atom. The second kappa shape index (κ2) is 7.42. The van der Waals surface area contributed by atoms with Crippen molar-refractivity contribution >= 4 is 11.6 Å². The Morgan fingerprint density at radius 2 is 2.08 bits per heavy atom. The van der Waals surface area contributed by atoms with Crippen LogP contribution in [0.4, 0.5) is 5.69 Å². The molecule has 0 aliphatic carbocycles. The number of anilines is 1. The number of pyridine rings is 1. The van der Waals surface area contributed by atoms with E-state index in [4.69, 9.17) is 14.2 Å². The minimum atomic E-state index is -0.0765. The minimum absolute atomic E-state index is 0.0548. The quantitative estimate of drug-likeness (QED) is 0.836. The molecule has 6 heteroatoms. The number of rotatable bonds is 5. The highest BCUT2D eigenvalue weighted by Gasteiger charge is 2.28. The van der Waals surface area contributed by atoms with Crippen molar-refractivity contribution < 1.29 is 19.0 Å². The average molecular weight is 342 g/mol. The number of ether oxygens (including phenoxy) is 3. The molecular weight excluding hydrogens is 320 g/mol. The fourth-order valence-electron chi connectivity index (χ4n) is 2.92. The Morgan fingerprint density at radius 3 is 2.84 bits per heavy atom. The van der Waals surface area contributed by atoms with Gasteiger partial charge in [-0.2, -0.15) is 0 Å². The standard InChI is InChI=1S/C19H22N2O4/c1-13-12-21(15-5-4-10-20-19(15)25-13)18(22)9-7-14-6-8-16(23-2)17(11-14)24-3/h4-6,8,10-11,13H,7,9,12H2,1-3H3. The van der Waals surface area contributed by atoms with Gasteiger partial charge in [-0.1, -0.05) is 6.07 Å². The van der Waals surface area contributed by atoms with Crippen molar-refractivity contribution in [2.45, 2.75) is 25.9 Å². The van der Waals surface area contributed by atoms with E-state index >= 15 is 0 Å². The Kier molecular flexibility index (Phi) is 5.07. The molecule has 1 atom stereocenters. The number of carbonyl (C=O) groups excluding carboxylic acids is 1. The van der Waals surface area contributed by atoms with Crippen LogP contribution in [0.25, 0.3) is 0 Å². The van der Waals surface area contributed by atoms with Gasteiger partial charge in [-0.15, -0.1) is 0 Å². The third kappa shape index (κ3) is 3.68. The van der Waals surface area contributed by atoms with E-state index in [1.54, 1.807) is 25.3 Å². The van der Waals surface area contributed by atoms with Gasteiger partial charge >= 0.3 is 0 Å². The van der Waals surface area contributed by atoms with Gasteiger partial charge in [0.15, 0.2) is 11.5 Å². The summed E-state index contributed by atoms with van der Waals surface area (Å²) in [6, 6.07) is 9.39. The molecular formula is C19H22N2O4. The molecule has 25 heavy (non-hydrogen) atoms. The molecule has 0 bridgehead atoms. The molecule has 1 aliphatic rings. The molecule has 1 unspecified atom stereocenters. The summed E-state index contributed by atoms with van der Waals surface area (Å²) in [5.74, 6) is 1.92. The van der Waals surface area contributed by atoms with Crippen LogP contribution in [0.15, 0.2) is 36.5 Å². The SMILES string of the molecule is COc1ccc(CCC(=O)N2CC(C)Oc3ncccc32)cc1OC. The Balaban J connectivity index is 1.71. The fourth-order valence-corrected chi connectivity index (χ4v) is 2.92. The zero-order valence-electron chi connectivity index (χ0n) is 14.7. The van der Waals surface area contributed by atoms with E-state index < -0.39 is 0 Å². The normalized spacial score (nSPS) is 16.0. The molecule has 1 aromatic heterocycles. The van der Waals surface area contributed by atoms with Gasteiger partial charge < -0.3 is 19.1 Å².